The van der Waals surface area contributed by atoms with Crippen molar-refractivity contribution < 1.29 is 14.3 Å². The molecule has 1 saturated heterocycles. The van der Waals surface area contributed by atoms with E-state index >= 15 is 0 Å². The molecule has 0 spiro atoms. The number of carbonyl (C=O) groups is 1. The molecule has 1 atom stereocenters. The summed E-state index contributed by atoms with van der Waals surface area (Å²) in [6.45, 7) is 6.85. The quantitative estimate of drug-likeness (QED) is 0.650. The van der Waals surface area contributed by atoms with E-state index in [4.69, 9.17) is 9.47 Å². The van der Waals surface area contributed by atoms with E-state index in [1.807, 2.05) is 20.8 Å². The first-order chi connectivity index (χ1) is 6.47. The van der Waals surface area contributed by atoms with Gasteiger partial charge in [-0.15, -0.1) is 0 Å². The van der Waals surface area contributed by atoms with E-state index in [0.717, 1.165) is 13.0 Å². The van der Waals surface area contributed by atoms with Gasteiger partial charge in [-0.05, 0) is 27.2 Å². The number of hydrazine groups is 1. The molecule has 0 aromatic heterocycles. The van der Waals surface area contributed by atoms with Crippen molar-refractivity contribution in [2.45, 2.75) is 38.8 Å². The number of amides is 1. The second-order valence-electron chi connectivity index (χ2n) is 4.33. The van der Waals surface area contributed by atoms with Crippen LogP contribution in [0.4, 0.5) is 4.79 Å². The third-order valence-corrected chi connectivity index (χ3v) is 1.71. The van der Waals surface area contributed by atoms with Crippen LogP contribution in [0.1, 0.15) is 27.2 Å². The lowest BCUT2D eigenvalue weighted by Crippen LogP contribution is -2.46. The van der Waals surface area contributed by atoms with E-state index in [-0.39, 0.29) is 6.04 Å². The summed E-state index contributed by atoms with van der Waals surface area (Å²) >= 11 is 0. The van der Waals surface area contributed by atoms with Crippen LogP contribution in [0.2, 0.25) is 0 Å². The van der Waals surface area contributed by atoms with Gasteiger partial charge in [0.05, 0.1) is 12.6 Å². The van der Waals surface area contributed by atoms with Gasteiger partial charge in [-0.25, -0.2) is 10.2 Å². The molecule has 1 fully saturated rings. The molecule has 5 heteroatoms. The van der Waals surface area contributed by atoms with Crippen molar-refractivity contribution >= 4 is 6.09 Å². The van der Waals surface area contributed by atoms with E-state index < -0.39 is 11.7 Å². The zero-order chi connectivity index (χ0) is 10.6. The average Bonchev–Trinajstić information content (AvgIpc) is 2.49. The van der Waals surface area contributed by atoms with E-state index in [0.29, 0.717) is 6.61 Å². The van der Waals surface area contributed by atoms with Crippen molar-refractivity contribution in [1.29, 1.82) is 0 Å². The zero-order valence-electron chi connectivity index (χ0n) is 8.92. The normalized spacial score (nSPS) is 22.1. The summed E-state index contributed by atoms with van der Waals surface area (Å²) in [5.41, 5.74) is 4.88. The smallest absolute Gasteiger partial charge is 0.422 e. The lowest BCUT2D eigenvalue weighted by molar-refractivity contribution is 0.0486. The summed E-state index contributed by atoms with van der Waals surface area (Å²) in [4.78, 5) is 11.2. The molecule has 1 rings (SSSR count). The minimum absolute atomic E-state index is 0.197. The Hall–Kier alpha value is -0.810. The Balaban J connectivity index is 2.14. The Morgan fingerprint density at radius 3 is 2.71 bits per heavy atom. The number of hydrogen-bond donors (Lipinski definition) is 2. The molecular weight excluding hydrogens is 184 g/mol. The first kappa shape index (κ1) is 11.3. The molecule has 1 aliphatic rings. The fourth-order valence-electron chi connectivity index (χ4n) is 1.11. The van der Waals surface area contributed by atoms with Gasteiger partial charge in [0.2, 0.25) is 0 Å². The Bertz CT molecular complexity index is 195. The summed E-state index contributed by atoms with van der Waals surface area (Å²) in [7, 11) is 0. The first-order valence-electron chi connectivity index (χ1n) is 4.79. The lowest BCUT2D eigenvalue weighted by Gasteiger charge is -2.20. The molecule has 82 valence electrons. The number of hydrogen-bond acceptors (Lipinski definition) is 4. The predicted molar refractivity (Wildman–Crippen MR) is 51.7 cm³/mol. The third kappa shape index (κ3) is 4.43. The maximum atomic E-state index is 11.2. The highest BCUT2D eigenvalue weighted by Gasteiger charge is 2.19. The molecule has 0 unspecified atom stereocenters. The molecule has 14 heavy (non-hydrogen) atoms. The summed E-state index contributed by atoms with van der Waals surface area (Å²) in [5.74, 6) is 0. The maximum Gasteiger partial charge on any atom is 0.422 e. The summed E-state index contributed by atoms with van der Waals surface area (Å²) in [6, 6.07) is 0.197. The van der Waals surface area contributed by atoms with E-state index in [1.54, 1.807) is 0 Å². The first-order valence-corrected chi connectivity index (χ1v) is 4.79. The largest absolute Gasteiger partial charge is 0.443 e. The molecule has 0 bridgehead atoms. The highest BCUT2D eigenvalue weighted by atomic mass is 16.6. The van der Waals surface area contributed by atoms with Crippen LogP contribution in [-0.2, 0) is 9.47 Å². The van der Waals surface area contributed by atoms with Crippen LogP contribution in [0.3, 0.4) is 0 Å². The molecule has 0 saturated carbocycles. The Morgan fingerprint density at radius 2 is 2.21 bits per heavy atom. The van der Waals surface area contributed by atoms with Gasteiger partial charge in [-0.1, -0.05) is 0 Å². The molecule has 1 aliphatic heterocycles. The number of ether oxygens (including phenoxy) is 2. The second-order valence-corrected chi connectivity index (χ2v) is 4.33. The molecule has 0 aromatic rings. The van der Waals surface area contributed by atoms with Crippen LogP contribution in [0.15, 0.2) is 0 Å². The molecule has 5 nitrogen and oxygen atoms in total. The van der Waals surface area contributed by atoms with Crippen molar-refractivity contribution in [2.75, 3.05) is 13.2 Å². The van der Waals surface area contributed by atoms with E-state index in [1.165, 1.54) is 0 Å². The summed E-state index contributed by atoms with van der Waals surface area (Å²) in [5, 5.41) is 0. The zero-order valence-corrected chi connectivity index (χ0v) is 8.92. The standard InChI is InChI=1S/C9H18N2O3/c1-9(2,3)14-8(12)11-10-7-4-5-13-6-7/h7,10H,4-6H2,1-3H3,(H,11,12)/t7-/m0/s1. The van der Waals surface area contributed by atoms with Crippen LogP contribution in [0.25, 0.3) is 0 Å². The van der Waals surface area contributed by atoms with Crippen molar-refractivity contribution in [2.24, 2.45) is 0 Å². The SMILES string of the molecule is CC(C)(C)OC(=O)NN[C@H]1CCOC1. The van der Waals surface area contributed by atoms with Crippen molar-refractivity contribution in [3.05, 3.63) is 0 Å². The predicted octanol–water partition coefficient (Wildman–Crippen LogP) is 0.805. The van der Waals surface area contributed by atoms with E-state index in [9.17, 15) is 4.79 Å². The van der Waals surface area contributed by atoms with Crippen molar-refractivity contribution in [3.8, 4) is 0 Å². The molecule has 0 radical (unpaired) electrons. The Labute approximate surface area is 84.1 Å². The molecule has 0 aromatic carbocycles. The van der Waals surface area contributed by atoms with Crippen LogP contribution < -0.4 is 10.9 Å². The topological polar surface area (TPSA) is 59.6 Å². The molecule has 1 amide bonds. The highest BCUT2D eigenvalue weighted by Crippen LogP contribution is 2.06. The average molecular weight is 202 g/mol. The van der Waals surface area contributed by atoms with Gasteiger partial charge in [0.1, 0.15) is 5.60 Å². The Morgan fingerprint density at radius 1 is 1.50 bits per heavy atom. The number of carbonyl (C=O) groups excluding carboxylic acids is 1. The minimum Gasteiger partial charge on any atom is -0.443 e. The molecular formula is C9H18N2O3. The van der Waals surface area contributed by atoms with Crippen LogP contribution in [0.5, 0.6) is 0 Å². The minimum atomic E-state index is -0.460. The summed E-state index contributed by atoms with van der Waals surface area (Å²) < 4.78 is 10.2. The monoisotopic (exact) mass is 202 g/mol. The van der Waals surface area contributed by atoms with Crippen LogP contribution >= 0.6 is 0 Å². The highest BCUT2D eigenvalue weighted by molar-refractivity contribution is 5.67. The molecule has 0 aliphatic carbocycles. The van der Waals surface area contributed by atoms with Gasteiger partial charge in [0, 0.05) is 6.61 Å². The maximum absolute atomic E-state index is 11.2. The summed E-state index contributed by atoms with van der Waals surface area (Å²) in [6.07, 6.45) is 0.458. The third-order valence-electron chi connectivity index (χ3n) is 1.71. The van der Waals surface area contributed by atoms with Gasteiger partial charge in [0.25, 0.3) is 0 Å². The lowest BCUT2D eigenvalue weighted by atomic mass is 10.2. The van der Waals surface area contributed by atoms with Crippen LogP contribution in [-0.4, -0.2) is 30.9 Å². The number of nitrogens with one attached hydrogen (secondary N) is 2. The van der Waals surface area contributed by atoms with Gasteiger partial charge in [0.15, 0.2) is 0 Å². The van der Waals surface area contributed by atoms with Gasteiger partial charge < -0.3 is 9.47 Å². The second kappa shape index (κ2) is 4.61. The van der Waals surface area contributed by atoms with Gasteiger partial charge in [-0.2, -0.15) is 0 Å². The van der Waals surface area contributed by atoms with Crippen LogP contribution in [0, 0.1) is 0 Å². The van der Waals surface area contributed by atoms with Crippen molar-refractivity contribution in [3.63, 3.8) is 0 Å². The van der Waals surface area contributed by atoms with Crippen molar-refractivity contribution in [1.82, 2.24) is 10.9 Å². The van der Waals surface area contributed by atoms with Gasteiger partial charge >= 0.3 is 6.09 Å². The van der Waals surface area contributed by atoms with Gasteiger partial charge in [-0.3, -0.25) is 5.43 Å². The fraction of sp³-hybridized carbons (Fsp3) is 0.889. The number of rotatable bonds is 2. The molecule has 2 N–H and O–H groups in total. The van der Waals surface area contributed by atoms with E-state index in [2.05, 4.69) is 10.9 Å². The molecule has 1 heterocycles. The fourth-order valence-corrected chi connectivity index (χ4v) is 1.11. The Kier molecular flexibility index (Phi) is 3.71.